The Hall–Kier alpha value is -1.01. The van der Waals surface area contributed by atoms with Crippen LogP contribution in [0.25, 0.3) is 0 Å². The Balaban J connectivity index is 2.56. The van der Waals surface area contributed by atoms with E-state index in [1.807, 2.05) is 13.8 Å². The summed E-state index contributed by atoms with van der Waals surface area (Å²) in [6, 6.07) is 1.60. The molecule has 1 aromatic heterocycles. The lowest BCUT2D eigenvalue weighted by atomic mass is 10.4. The van der Waals surface area contributed by atoms with Crippen molar-refractivity contribution >= 4 is 40.7 Å². The van der Waals surface area contributed by atoms with Crippen molar-refractivity contribution < 1.29 is 14.7 Å². The van der Waals surface area contributed by atoms with Crippen molar-refractivity contribution in [2.45, 2.75) is 19.1 Å². The minimum absolute atomic E-state index is 0.167. The van der Waals surface area contributed by atoms with Crippen LogP contribution >= 0.6 is 23.1 Å². The van der Waals surface area contributed by atoms with Gasteiger partial charge in [0.05, 0.1) is 11.4 Å². The van der Waals surface area contributed by atoms with Crippen molar-refractivity contribution in [3.8, 4) is 0 Å². The first kappa shape index (κ1) is 13.1. The first-order valence-electron chi connectivity index (χ1n) is 4.73. The SMILES string of the molecule is CC(C)SCC(=O)Nc1ccsc1C(=O)O. The van der Waals surface area contributed by atoms with Gasteiger partial charge in [-0.3, -0.25) is 4.79 Å². The number of amides is 1. The Kier molecular flexibility index (Phi) is 4.82. The van der Waals surface area contributed by atoms with Gasteiger partial charge in [0.15, 0.2) is 0 Å². The zero-order valence-corrected chi connectivity index (χ0v) is 10.7. The number of nitrogens with one attached hydrogen (secondary N) is 1. The van der Waals surface area contributed by atoms with E-state index in [2.05, 4.69) is 5.32 Å². The molecule has 0 saturated heterocycles. The van der Waals surface area contributed by atoms with Crippen LogP contribution in [0, 0.1) is 0 Å². The smallest absolute Gasteiger partial charge is 0.348 e. The third-order valence-electron chi connectivity index (χ3n) is 1.68. The molecule has 1 aromatic rings. The molecule has 0 bridgehead atoms. The fraction of sp³-hybridized carbons (Fsp3) is 0.400. The van der Waals surface area contributed by atoms with Gasteiger partial charge in [0, 0.05) is 0 Å². The van der Waals surface area contributed by atoms with Gasteiger partial charge in [-0.1, -0.05) is 13.8 Å². The van der Waals surface area contributed by atoms with Gasteiger partial charge in [0.1, 0.15) is 4.88 Å². The molecule has 16 heavy (non-hydrogen) atoms. The van der Waals surface area contributed by atoms with E-state index in [0.717, 1.165) is 11.3 Å². The molecular formula is C10H13NO3S2. The second-order valence-corrected chi connectivity index (χ2v) is 5.86. The molecule has 0 saturated carbocycles. The van der Waals surface area contributed by atoms with Crippen molar-refractivity contribution in [2.24, 2.45) is 0 Å². The van der Waals surface area contributed by atoms with Crippen LogP contribution in [0.2, 0.25) is 0 Å². The van der Waals surface area contributed by atoms with Crippen LogP contribution in [0.4, 0.5) is 5.69 Å². The summed E-state index contributed by atoms with van der Waals surface area (Å²) >= 11 is 2.62. The first-order chi connectivity index (χ1) is 7.50. The number of rotatable bonds is 5. The molecule has 0 aliphatic carbocycles. The number of carboxylic acid groups (broad SMARTS) is 1. The summed E-state index contributed by atoms with van der Waals surface area (Å²) in [6.07, 6.45) is 0. The number of carbonyl (C=O) groups excluding carboxylic acids is 1. The summed E-state index contributed by atoms with van der Waals surface area (Å²) in [5.74, 6) is -0.839. The number of carboxylic acids is 1. The second kappa shape index (κ2) is 5.91. The molecule has 4 nitrogen and oxygen atoms in total. The van der Waals surface area contributed by atoms with E-state index in [1.165, 1.54) is 11.8 Å². The largest absolute Gasteiger partial charge is 0.477 e. The molecule has 0 radical (unpaired) electrons. The van der Waals surface area contributed by atoms with E-state index in [9.17, 15) is 9.59 Å². The molecule has 0 fully saturated rings. The average molecular weight is 259 g/mol. The van der Waals surface area contributed by atoms with Crippen LogP contribution < -0.4 is 5.32 Å². The van der Waals surface area contributed by atoms with Gasteiger partial charge in [0.2, 0.25) is 5.91 Å². The van der Waals surface area contributed by atoms with Crippen molar-refractivity contribution in [3.63, 3.8) is 0 Å². The Morgan fingerprint density at radius 3 is 2.81 bits per heavy atom. The monoisotopic (exact) mass is 259 g/mol. The maximum Gasteiger partial charge on any atom is 0.348 e. The van der Waals surface area contributed by atoms with E-state index >= 15 is 0 Å². The standard InChI is InChI=1S/C10H13NO3S2/c1-6(2)16-5-8(12)11-7-3-4-15-9(7)10(13)14/h3-4,6H,5H2,1-2H3,(H,11,12)(H,13,14). The van der Waals surface area contributed by atoms with E-state index < -0.39 is 5.97 Å². The molecule has 1 heterocycles. The van der Waals surface area contributed by atoms with Crippen LogP contribution in [0.3, 0.4) is 0 Å². The molecule has 6 heteroatoms. The minimum Gasteiger partial charge on any atom is -0.477 e. The van der Waals surface area contributed by atoms with Gasteiger partial charge in [-0.25, -0.2) is 4.79 Å². The molecule has 0 unspecified atom stereocenters. The summed E-state index contributed by atoms with van der Waals surface area (Å²) in [6.45, 7) is 4.01. The van der Waals surface area contributed by atoms with Crippen molar-refractivity contribution in [1.29, 1.82) is 0 Å². The Morgan fingerprint density at radius 1 is 1.56 bits per heavy atom. The minimum atomic E-state index is -1.01. The summed E-state index contributed by atoms with van der Waals surface area (Å²) in [5.41, 5.74) is 0.381. The van der Waals surface area contributed by atoms with Crippen molar-refractivity contribution in [3.05, 3.63) is 16.3 Å². The number of thioether (sulfide) groups is 1. The van der Waals surface area contributed by atoms with Crippen LogP contribution in [0.15, 0.2) is 11.4 Å². The van der Waals surface area contributed by atoms with Gasteiger partial charge in [-0.15, -0.1) is 23.1 Å². The highest BCUT2D eigenvalue weighted by Crippen LogP contribution is 2.22. The maximum atomic E-state index is 11.5. The van der Waals surface area contributed by atoms with Crippen LogP contribution in [0.1, 0.15) is 23.5 Å². The van der Waals surface area contributed by atoms with E-state index in [-0.39, 0.29) is 10.8 Å². The fourth-order valence-corrected chi connectivity index (χ4v) is 2.25. The van der Waals surface area contributed by atoms with Gasteiger partial charge in [-0.2, -0.15) is 0 Å². The number of aromatic carboxylic acids is 1. The zero-order chi connectivity index (χ0) is 12.1. The Morgan fingerprint density at radius 2 is 2.25 bits per heavy atom. The molecule has 0 atom stereocenters. The quantitative estimate of drug-likeness (QED) is 0.852. The summed E-state index contributed by atoms with van der Waals surface area (Å²) in [4.78, 5) is 22.4. The summed E-state index contributed by atoms with van der Waals surface area (Å²) in [7, 11) is 0. The van der Waals surface area contributed by atoms with Gasteiger partial charge >= 0.3 is 5.97 Å². The lowest BCUT2D eigenvalue weighted by molar-refractivity contribution is -0.113. The highest BCUT2D eigenvalue weighted by Gasteiger charge is 2.13. The normalized spacial score (nSPS) is 10.4. The molecule has 0 aliphatic heterocycles. The van der Waals surface area contributed by atoms with E-state index in [0.29, 0.717) is 16.7 Å². The average Bonchev–Trinajstić information content (AvgIpc) is 2.62. The topological polar surface area (TPSA) is 66.4 Å². The first-order valence-corrected chi connectivity index (χ1v) is 6.65. The van der Waals surface area contributed by atoms with E-state index in [4.69, 9.17) is 5.11 Å². The van der Waals surface area contributed by atoms with Crippen LogP contribution in [-0.4, -0.2) is 28.0 Å². The number of hydrogen-bond donors (Lipinski definition) is 2. The molecule has 1 rings (SSSR count). The lowest BCUT2D eigenvalue weighted by Crippen LogP contribution is -2.16. The molecule has 2 N–H and O–H groups in total. The summed E-state index contributed by atoms with van der Waals surface area (Å²) in [5, 5.41) is 13.5. The second-order valence-electron chi connectivity index (χ2n) is 3.38. The predicted octanol–water partition coefficient (Wildman–Crippen LogP) is 2.53. The number of thiophene rings is 1. The zero-order valence-electron chi connectivity index (χ0n) is 9.02. The lowest BCUT2D eigenvalue weighted by Gasteiger charge is -2.06. The Labute approximate surface area is 102 Å². The van der Waals surface area contributed by atoms with E-state index in [1.54, 1.807) is 11.4 Å². The molecule has 0 aromatic carbocycles. The van der Waals surface area contributed by atoms with Crippen LogP contribution in [0.5, 0.6) is 0 Å². The highest BCUT2D eigenvalue weighted by atomic mass is 32.2. The number of anilines is 1. The van der Waals surface area contributed by atoms with Gasteiger partial charge in [-0.05, 0) is 16.7 Å². The maximum absolute atomic E-state index is 11.5. The number of hydrogen-bond acceptors (Lipinski definition) is 4. The molecular weight excluding hydrogens is 246 g/mol. The fourth-order valence-electron chi connectivity index (χ4n) is 1.00. The van der Waals surface area contributed by atoms with Crippen molar-refractivity contribution in [1.82, 2.24) is 0 Å². The van der Waals surface area contributed by atoms with Gasteiger partial charge < -0.3 is 10.4 Å². The molecule has 88 valence electrons. The molecule has 1 amide bonds. The predicted molar refractivity (Wildman–Crippen MR) is 67.5 cm³/mol. The third-order valence-corrected chi connectivity index (χ3v) is 3.68. The Bertz CT molecular complexity index is 387. The van der Waals surface area contributed by atoms with Gasteiger partial charge in [0.25, 0.3) is 0 Å². The highest BCUT2D eigenvalue weighted by molar-refractivity contribution is 8.00. The summed E-state index contributed by atoms with van der Waals surface area (Å²) < 4.78 is 0. The molecule has 0 spiro atoms. The third kappa shape index (κ3) is 3.86. The van der Waals surface area contributed by atoms with Crippen molar-refractivity contribution in [2.75, 3.05) is 11.1 Å². The molecule has 0 aliphatic rings. The number of carbonyl (C=O) groups is 2. The van der Waals surface area contributed by atoms with Crippen LogP contribution in [-0.2, 0) is 4.79 Å².